The Balaban J connectivity index is 1.59. The van der Waals surface area contributed by atoms with Gasteiger partial charge in [-0.3, -0.25) is 0 Å². The minimum absolute atomic E-state index is 0.168. The van der Waals surface area contributed by atoms with Gasteiger partial charge in [0.15, 0.2) is 5.13 Å². The molecule has 1 aromatic heterocycles. The summed E-state index contributed by atoms with van der Waals surface area (Å²) in [5.41, 5.74) is 0.864. The van der Waals surface area contributed by atoms with Gasteiger partial charge in [0.05, 0.1) is 0 Å². The average molecular weight is 349 g/mol. The van der Waals surface area contributed by atoms with Crippen LogP contribution < -0.4 is 9.62 Å². The maximum absolute atomic E-state index is 12.1. The fraction of sp³-hybridized carbons (Fsp3) is 0.312. The number of benzene rings is 1. The number of aromatic nitrogens is 1. The second-order valence-electron chi connectivity index (χ2n) is 5.41. The molecule has 1 aliphatic heterocycles. The van der Waals surface area contributed by atoms with E-state index in [1.807, 2.05) is 35.7 Å². The van der Waals surface area contributed by atoms with Gasteiger partial charge >= 0.3 is 0 Å². The second kappa shape index (κ2) is 7.25. The van der Waals surface area contributed by atoms with E-state index in [0.29, 0.717) is 6.54 Å². The number of sulfonamides is 1. The number of rotatable bonds is 6. The predicted molar refractivity (Wildman–Crippen MR) is 94.9 cm³/mol. The van der Waals surface area contributed by atoms with Crippen LogP contribution in [-0.4, -0.2) is 32.5 Å². The van der Waals surface area contributed by atoms with Crippen LogP contribution in [0.15, 0.2) is 47.3 Å². The fourth-order valence-electron chi connectivity index (χ4n) is 2.65. The molecule has 23 heavy (non-hydrogen) atoms. The molecule has 1 atom stereocenters. The first kappa shape index (κ1) is 16.2. The molecule has 3 rings (SSSR count). The summed E-state index contributed by atoms with van der Waals surface area (Å²) in [5.74, 6) is 0. The smallest absolute Gasteiger partial charge is 0.233 e. The minimum Gasteiger partial charge on any atom is -0.344 e. The topological polar surface area (TPSA) is 62.3 Å². The van der Waals surface area contributed by atoms with Crippen molar-refractivity contribution in [2.75, 3.05) is 18.0 Å². The number of hydrogen-bond donors (Lipinski definition) is 1. The van der Waals surface area contributed by atoms with E-state index in [4.69, 9.17) is 0 Å². The van der Waals surface area contributed by atoms with E-state index in [2.05, 4.69) is 14.6 Å². The molecule has 1 fully saturated rings. The highest BCUT2D eigenvalue weighted by molar-refractivity contribution is 7.92. The Labute approximate surface area is 140 Å². The summed E-state index contributed by atoms with van der Waals surface area (Å²) in [4.78, 5) is 6.51. The maximum atomic E-state index is 12.1. The third-order valence-electron chi connectivity index (χ3n) is 3.80. The van der Waals surface area contributed by atoms with Crippen molar-refractivity contribution in [3.63, 3.8) is 0 Å². The third-order valence-corrected chi connectivity index (χ3v) is 5.67. The zero-order valence-corrected chi connectivity index (χ0v) is 14.3. The SMILES string of the molecule is O=S(=O)(C=Cc1ccccc1)NCC1CCCN1c1nccs1. The van der Waals surface area contributed by atoms with Crippen LogP contribution in [0.2, 0.25) is 0 Å². The Bertz CT molecular complexity index is 743. The van der Waals surface area contributed by atoms with E-state index in [9.17, 15) is 8.42 Å². The second-order valence-corrected chi connectivity index (χ2v) is 7.93. The molecule has 1 unspecified atom stereocenters. The Hall–Kier alpha value is -1.70. The zero-order chi connectivity index (χ0) is 16.1. The van der Waals surface area contributed by atoms with Crippen LogP contribution in [0.25, 0.3) is 6.08 Å². The van der Waals surface area contributed by atoms with Gasteiger partial charge < -0.3 is 4.90 Å². The van der Waals surface area contributed by atoms with E-state index in [-0.39, 0.29) is 6.04 Å². The van der Waals surface area contributed by atoms with Crippen molar-refractivity contribution in [3.8, 4) is 0 Å². The van der Waals surface area contributed by atoms with Crippen molar-refractivity contribution in [2.45, 2.75) is 18.9 Å². The van der Waals surface area contributed by atoms with Gasteiger partial charge in [-0.2, -0.15) is 0 Å². The molecule has 0 radical (unpaired) electrons. The predicted octanol–water partition coefficient (Wildman–Crippen LogP) is 2.70. The highest BCUT2D eigenvalue weighted by Gasteiger charge is 2.27. The molecule has 7 heteroatoms. The molecule has 2 heterocycles. The summed E-state index contributed by atoms with van der Waals surface area (Å²) in [5, 5.41) is 4.13. The van der Waals surface area contributed by atoms with Crippen molar-refractivity contribution in [2.24, 2.45) is 0 Å². The van der Waals surface area contributed by atoms with E-state index in [1.54, 1.807) is 23.6 Å². The molecule has 1 aliphatic rings. The summed E-state index contributed by atoms with van der Waals surface area (Å²) >= 11 is 1.59. The molecule has 0 bridgehead atoms. The molecule has 122 valence electrons. The summed E-state index contributed by atoms with van der Waals surface area (Å²) in [6, 6.07) is 9.56. The van der Waals surface area contributed by atoms with Gasteiger partial charge in [0.2, 0.25) is 10.0 Å². The van der Waals surface area contributed by atoms with Crippen LogP contribution in [0, 0.1) is 0 Å². The molecule has 0 amide bonds. The summed E-state index contributed by atoms with van der Waals surface area (Å²) < 4.78 is 26.9. The third kappa shape index (κ3) is 4.40. The molecule has 5 nitrogen and oxygen atoms in total. The molecular formula is C16H19N3O2S2. The van der Waals surface area contributed by atoms with Gasteiger partial charge in [-0.15, -0.1) is 11.3 Å². The molecule has 1 N–H and O–H groups in total. The normalized spacial score (nSPS) is 18.8. The Morgan fingerprint density at radius 2 is 2.17 bits per heavy atom. The molecule has 1 saturated heterocycles. The van der Waals surface area contributed by atoms with E-state index in [1.165, 1.54) is 5.41 Å². The Morgan fingerprint density at radius 3 is 2.91 bits per heavy atom. The minimum atomic E-state index is -3.43. The Kier molecular flexibility index (Phi) is 5.09. The van der Waals surface area contributed by atoms with Gasteiger partial charge in [0, 0.05) is 36.1 Å². The maximum Gasteiger partial charge on any atom is 0.233 e. The molecule has 2 aromatic rings. The first-order chi connectivity index (χ1) is 11.1. The van der Waals surface area contributed by atoms with Crippen molar-refractivity contribution < 1.29 is 8.42 Å². The standard InChI is InChI=1S/C16H19N3O2S2/c20-23(21,12-8-14-5-2-1-3-6-14)18-13-15-7-4-10-19(15)16-17-9-11-22-16/h1-3,5-6,8-9,11-12,15,18H,4,7,10,13H2. The van der Waals surface area contributed by atoms with Crippen LogP contribution in [0.1, 0.15) is 18.4 Å². The van der Waals surface area contributed by atoms with Gasteiger partial charge in [0.25, 0.3) is 0 Å². The lowest BCUT2D eigenvalue weighted by Gasteiger charge is -2.23. The number of thiazole rings is 1. The largest absolute Gasteiger partial charge is 0.344 e. The number of hydrogen-bond acceptors (Lipinski definition) is 5. The number of anilines is 1. The lowest BCUT2D eigenvalue weighted by Crippen LogP contribution is -2.39. The molecule has 0 spiro atoms. The molecular weight excluding hydrogens is 330 g/mol. The first-order valence-electron chi connectivity index (χ1n) is 7.53. The van der Waals surface area contributed by atoms with Crippen LogP contribution >= 0.6 is 11.3 Å². The van der Waals surface area contributed by atoms with Gasteiger partial charge in [-0.05, 0) is 24.5 Å². The van der Waals surface area contributed by atoms with Crippen LogP contribution in [-0.2, 0) is 10.0 Å². The van der Waals surface area contributed by atoms with Crippen molar-refractivity contribution in [3.05, 3.63) is 52.9 Å². The first-order valence-corrected chi connectivity index (χ1v) is 9.95. The van der Waals surface area contributed by atoms with Crippen molar-refractivity contribution in [1.82, 2.24) is 9.71 Å². The van der Waals surface area contributed by atoms with E-state index in [0.717, 1.165) is 30.1 Å². The zero-order valence-electron chi connectivity index (χ0n) is 12.6. The highest BCUT2D eigenvalue weighted by atomic mass is 32.2. The summed E-state index contributed by atoms with van der Waals surface area (Å²) in [6.07, 6.45) is 5.42. The van der Waals surface area contributed by atoms with Crippen LogP contribution in [0.3, 0.4) is 0 Å². The highest BCUT2D eigenvalue weighted by Crippen LogP contribution is 2.26. The number of nitrogens with one attached hydrogen (secondary N) is 1. The van der Waals surface area contributed by atoms with Gasteiger partial charge in [-0.25, -0.2) is 18.1 Å². The Morgan fingerprint density at radius 1 is 1.35 bits per heavy atom. The monoisotopic (exact) mass is 349 g/mol. The molecule has 0 aliphatic carbocycles. The van der Waals surface area contributed by atoms with Crippen LogP contribution in [0.5, 0.6) is 0 Å². The van der Waals surface area contributed by atoms with Crippen LogP contribution in [0.4, 0.5) is 5.13 Å². The van der Waals surface area contributed by atoms with Crippen molar-refractivity contribution in [1.29, 1.82) is 0 Å². The summed E-state index contributed by atoms with van der Waals surface area (Å²) in [6.45, 7) is 1.33. The van der Waals surface area contributed by atoms with Gasteiger partial charge in [-0.1, -0.05) is 30.3 Å². The lowest BCUT2D eigenvalue weighted by atomic mass is 10.2. The fourth-order valence-corrected chi connectivity index (χ4v) is 4.25. The van der Waals surface area contributed by atoms with Gasteiger partial charge in [0.1, 0.15) is 0 Å². The van der Waals surface area contributed by atoms with E-state index >= 15 is 0 Å². The van der Waals surface area contributed by atoms with Crippen molar-refractivity contribution >= 4 is 32.6 Å². The average Bonchev–Trinajstić information content (AvgIpc) is 3.23. The molecule has 1 aromatic carbocycles. The lowest BCUT2D eigenvalue weighted by molar-refractivity contribution is 0.575. The van der Waals surface area contributed by atoms with E-state index < -0.39 is 10.0 Å². The molecule has 0 saturated carbocycles. The quantitative estimate of drug-likeness (QED) is 0.871. The summed E-state index contributed by atoms with van der Waals surface area (Å²) in [7, 11) is -3.43. The number of nitrogens with zero attached hydrogens (tertiary/aromatic N) is 2.